The van der Waals surface area contributed by atoms with Gasteiger partial charge in [-0.2, -0.15) is 0 Å². The van der Waals surface area contributed by atoms with Gasteiger partial charge in [-0.05, 0) is 52.3 Å². The number of anilines is 1. The molecule has 2 aromatic rings. The van der Waals surface area contributed by atoms with Crippen molar-refractivity contribution in [2.45, 2.75) is 0 Å². The summed E-state index contributed by atoms with van der Waals surface area (Å²) in [6.07, 6.45) is 0. The SMILES string of the molecule is COC(=O)c1cccc(NC(=O)COc2ccc(Br)cc2Br)c1. The predicted molar refractivity (Wildman–Crippen MR) is 93.7 cm³/mol. The standard InChI is InChI=1S/C16H13Br2NO4/c1-22-16(21)10-3-2-4-12(7-10)19-15(20)9-23-14-6-5-11(17)8-13(14)18/h2-8H,9H2,1H3,(H,19,20). The number of halogens is 2. The summed E-state index contributed by atoms with van der Waals surface area (Å²) in [6, 6.07) is 11.9. The summed E-state index contributed by atoms with van der Waals surface area (Å²) in [5, 5.41) is 2.67. The first-order valence-electron chi connectivity index (χ1n) is 6.55. The maximum atomic E-state index is 11.9. The minimum absolute atomic E-state index is 0.150. The Bertz CT molecular complexity index is 734. The Morgan fingerprint density at radius 1 is 1.13 bits per heavy atom. The Kier molecular flexibility index (Phi) is 6.18. The molecule has 0 atom stereocenters. The zero-order valence-corrected chi connectivity index (χ0v) is 15.3. The molecule has 0 unspecified atom stereocenters. The zero-order valence-electron chi connectivity index (χ0n) is 12.1. The van der Waals surface area contributed by atoms with E-state index in [1.54, 1.807) is 30.3 Å². The molecule has 2 aromatic carbocycles. The minimum atomic E-state index is -0.462. The lowest BCUT2D eigenvalue weighted by Gasteiger charge is -2.10. The molecule has 1 amide bonds. The number of esters is 1. The van der Waals surface area contributed by atoms with Crippen molar-refractivity contribution in [2.24, 2.45) is 0 Å². The molecule has 1 N–H and O–H groups in total. The van der Waals surface area contributed by atoms with Gasteiger partial charge in [0.05, 0.1) is 17.1 Å². The van der Waals surface area contributed by atoms with Crippen LogP contribution in [-0.2, 0) is 9.53 Å². The molecule has 5 nitrogen and oxygen atoms in total. The molecule has 0 saturated carbocycles. The van der Waals surface area contributed by atoms with Crippen molar-refractivity contribution in [3.8, 4) is 5.75 Å². The minimum Gasteiger partial charge on any atom is -0.483 e. The molecule has 0 aromatic heterocycles. The molecule has 0 aliphatic heterocycles. The van der Waals surface area contributed by atoms with E-state index in [4.69, 9.17) is 4.74 Å². The van der Waals surface area contributed by atoms with Crippen molar-refractivity contribution >= 4 is 49.4 Å². The van der Waals surface area contributed by atoms with Gasteiger partial charge in [-0.1, -0.05) is 22.0 Å². The van der Waals surface area contributed by atoms with E-state index in [1.165, 1.54) is 7.11 Å². The van der Waals surface area contributed by atoms with Crippen LogP contribution in [0.5, 0.6) is 5.75 Å². The Labute approximate surface area is 150 Å². The van der Waals surface area contributed by atoms with E-state index in [1.807, 2.05) is 12.1 Å². The van der Waals surface area contributed by atoms with Gasteiger partial charge in [0.15, 0.2) is 6.61 Å². The highest BCUT2D eigenvalue weighted by Crippen LogP contribution is 2.28. The second-order valence-electron chi connectivity index (χ2n) is 4.48. The number of rotatable bonds is 5. The number of hydrogen-bond acceptors (Lipinski definition) is 4. The summed E-state index contributed by atoms with van der Waals surface area (Å²) in [5.74, 6) is -0.232. The number of carbonyl (C=O) groups is 2. The van der Waals surface area contributed by atoms with Crippen LogP contribution in [0.15, 0.2) is 51.4 Å². The van der Waals surface area contributed by atoms with Crippen molar-refractivity contribution in [2.75, 3.05) is 19.0 Å². The van der Waals surface area contributed by atoms with E-state index < -0.39 is 5.97 Å². The lowest BCUT2D eigenvalue weighted by Crippen LogP contribution is -2.20. The molecular weight excluding hydrogens is 430 g/mol. The third kappa shape index (κ3) is 5.07. The van der Waals surface area contributed by atoms with Crippen molar-refractivity contribution in [3.05, 3.63) is 57.0 Å². The fraction of sp³-hybridized carbons (Fsp3) is 0.125. The monoisotopic (exact) mass is 441 g/mol. The van der Waals surface area contributed by atoms with Crippen molar-refractivity contribution in [1.29, 1.82) is 0 Å². The summed E-state index contributed by atoms with van der Waals surface area (Å²) < 4.78 is 11.7. The third-order valence-electron chi connectivity index (χ3n) is 2.82. The molecule has 0 aliphatic rings. The largest absolute Gasteiger partial charge is 0.483 e. The van der Waals surface area contributed by atoms with Crippen LogP contribution in [0.25, 0.3) is 0 Å². The van der Waals surface area contributed by atoms with Gasteiger partial charge in [0.2, 0.25) is 0 Å². The predicted octanol–water partition coefficient (Wildman–Crippen LogP) is 4.02. The molecule has 0 heterocycles. The summed E-state index contributed by atoms with van der Waals surface area (Å²) in [4.78, 5) is 23.4. The van der Waals surface area contributed by atoms with Crippen LogP contribution in [0, 0.1) is 0 Å². The maximum Gasteiger partial charge on any atom is 0.337 e. The summed E-state index contributed by atoms with van der Waals surface area (Å²) in [7, 11) is 1.30. The quantitative estimate of drug-likeness (QED) is 0.710. The van der Waals surface area contributed by atoms with E-state index in [2.05, 4.69) is 41.9 Å². The highest BCUT2D eigenvalue weighted by atomic mass is 79.9. The Hall–Kier alpha value is -1.86. The number of ether oxygens (including phenoxy) is 2. The van der Waals surface area contributed by atoms with Crippen LogP contribution >= 0.6 is 31.9 Å². The summed E-state index contributed by atoms with van der Waals surface area (Å²) >= 11 is 6.70. The lowest BCUT2D eigenvalue weighted by atomic mass is 10.2. The van der Waals surface area contributed by atoms with E-state index >= 15 is 0 Å². The Balaban J connectivity index is 1.96. The van der Waals surface area contributed by atoms with Crippen LogP contribution in [-0.4, -0.2) is 25.6 Å². The number of hydrogen-bond donors (Lipinski definition) is 1. The number of carbonyl (C=O) groups excluding carboxylic acids is 2. The average Bonchev–Trinajstić information content (AvgIpc) is 2.53. The molecule has 0 aliphatic carbocycles. The Morgan fingerprint density at radius 2 is 1.91 bits per heavy atom. The van der Waals surface area contributed by atoms with Gasteiger partial charge < -0.3 is 14.8 Å². The second kappa shape index (κ2) is 8.12. The number of nitrogens with one attached hydrogen (secondary N) is 1. The van der Waals surface area contributed by atoms with Crippen LogP contribution in [0.2, 0.25) is 0 Å². The average molecular weight is 443 g/mol. The normalized spacial score (nSPS) is 10.0. The van der Waals surface area contributed by atoms with Crippen molar-refractivity contribution < 1.29 is 19.1 Å². The molecule has 0 fully saturated rings. The summed E-state index contributed by atoms with van der Waals surface area (Å²) in [5.41, 5.74) is 0.859. The van der Waals surface area contributed by atoms with E-state index in [-0.39, 0.29) is 12.5 Å². The van der Waals surface area contributed by atoms with E-state index in [0.29, 0.717) is 17.0 Å². The van der Waals surface area contributed by atoms with Gasteiger partial charge in [-0.15, -0.1) is 0 Å². The number of methoxy groups -OCH3 is 1. The van der Waals surface area contributed by atoms with E-state index in [0.717, 1.165) is 8.95 Å². The first kappa shape index (κ1) is 17.5. The molecular formula is C16H13Br2NO4. The molecule has 120 valence electrons. The van der Waals surface area contributed by atoms with Crippen LogP contribution in [0.3, 0.4) is 0 Å². The molecule has 2 rings (SSSR count). The van der Waals surface area contributed by atoms with Crippen molar-refractivity contribution in [1.82, 2.24) is 0 Å². The van der Waals surface area contributed by atoms with E-state index in [9.17, 15) is 9.59 Å². The highest BCUT2D eigenvalue weighted by molar-refractivity contribution is 9.11. The third-order valence-corrected chi connectivity index (χ3v) is 3.93. The highest BCUT2D eigenvalue weighted by Gasteiger charge is 2.09. The molecule has 7 heteroatoms. The number of amides is 1. The zero-order chi connectivity index (χ0) is 16.8. The molecule has 0 saturated heterocycles. The van der Waals surface area contributed by atoms with Gasteiger partial charge in [0, 0.05) is 10.2 Å². The molecule has 0 spiro atoms. The van der Waals surface area contributed by atoms with Crippen LogP contribution < -0.4 is 10.1 Å². The first-order chi connectivity index (χ1) is 11.0. The number of benzene rings is 2. The van der Waals surface area contributed by atoms with Gasteiger partial charge in [0.1, 0.15) is 5.75 Å². The maximum absolute atomic E-state index is 11.9. The molecule has 23 heavy (non-hydrogen) atoms. The van der Waals surface area contributed by atoms with Gasteiger partial charge >= 0.3 is 5.97 Å². The summed E-state index contributed by atoms with van der Waals surface area (Å²) in [6.45, 7) is -0.150. The molecule has 0 bridgehead atoms. The Morgan fingerprint density at radius 3 is 2.61 bits per heavy atom. The molecule has 0 radical (unpaired) electrons. The van der Waals surface area contributed by atoms with Crippen LogP contribution in [0.4, 0.5) is 5.69 Å². The van der Waals surface area contributed by atoms with Gasteiger partial charge in [-0.25, -0.2) is 4.79 Å². The fourth-order valence-electron chi connectivity index (χ4n) is 1.77. The van der Waals surface area contributed by atoms with Crippen molar-refractivity contribution in [3.63, 3.8) is 0 Å². The first-order valence-corrected chi connectivity index (χ1v) is 8.14. The fourth-order valence-corrected chi connectivity index (χ4v) is 2.94. The lowest BCUT2D eigenvalue weighted by molar-refractivity contribution is -0.118. The van der Waals surface area contributed by atoms with Crippen LogP contribution in [0.1, 0.15) is 10.4 Å². The van der Waals surface area contributed by atoms with Gasteiger partial charge in [0.25, 0.3) is 5.91 Å². The topological polar surface area (TPSA) is 64.6 Å². The second-order valence-corrected chi connectivity index (χ2v) is 6.25. The van der Waals surface area contributed by atoms with Gasteiger partial charge in [-0.3, -0.25) is 4.79 Å². The smallest absolute Gasteiger partial charge is 0.337 e.